The van der Waals surface area contributed by atoms with Crippen LogP contribution in [0, 0.1) is 11.6 Å². The molecule has 3 aromatic rings. The summed E-state index contributed by atoms with van der Waals surface area (Å²) in [6.07, 6.45) is 8.91. The normalized spacial score (nSPS) is 14.9. The molecule has 0 spiro atoms. The second-order valence-electron chi connectivity index (χ2n) is 7.51. The number of aromatic nitrogens is 4. The van der Waals surface area contributed by atoms with Crippen molar-refractivity contribution in [3.05, 3.63) is 95.3 Å². The molecule has 9 nitrogen and oxygen atoms in total. The summed E-state index contributed by atoms with van der Waals surface area (Å²) in [6.45, 7) is 5.57. The first-order valence-corrected chi connectivity index (χ1v) is 12.2. The van der Waals surface area contributed by atoms with E-state index in [0.29, 0.717) is 11.4 Å². The molecule has 36 heavy (non-hydrogen) atoms. The number of H-pyrrole nitrogens is 1. The van der Waals surface area contributed by atoms with E-state index in [1.807, 2.05) is 6.92 Å². The van der Waals surface area contributed by atoms with Crippen LogP contribution in [0.25, 0.3) is 11.1 Å². The molecule has 0 fully saturated rings. The number of aromatic amines is 1. The lowest BCUT2D eigenvalue weighted by atomic mass is 10.00. The van der Waals surface area contributed by atoms with Gasteiger partial charge in [-0.25, -0.2) is 22.2 Å². The van der Waals surface area contributed by atoms with E-state index >= 15 is 4.39 Å². The zero-order valence-electron chi connectivity index (χ0n) is 19.1. The van der Waals surface area contributed by atoms with Crippen LogP contribution in [0.1, 0.15) is 18.2 Å². The van der Waals surface area contributed by atoms with Gasteiger partial charge in [0.05, 0.1) is 28.2 Å². The molecule has 3 heterocycles. The topological polar surface area (TPSA) is 116 Å². The van der Waals surface area contributed by atoms with Crippen molar-refractivity contribution in [2.45, 2.75) is 11.8 Å². The maximum absolute atomic E-state index is 15.6. The summed E-state index contributed by atoms with van der Waals surface area (Å²) in [7, 11) is -2.85. The minimum Gasteiger partial charge on any atom is -0.372 e. The van der Waals surface area contributed by atoms with Gasteiger partial charge in [-0.2, -0.15) is 15.4 Å². The van der Waals surface area contributed by atoms with Gasteiger partial charge < -0.3 is 10.2 Å². The highest BCUT2D eigenvalue weighted by Crippen LogP contribution is 2.34. The van der Waals surface area contributed by atoms with Crippen LogP contribution in [0.15, 0.2) is 72.3 Å². The van der Waals surface area contributed by atoms with Gasteiger partial charge in [0.1, 0.15) is 22.2 Å². The van der Waals surface area contributed by atoms with E-state index in [-0.39, 0.29) is 21.3 Å². The average molecular weight is 532 g/mol. The number of hydrogen-bond donors (Lipinski definition) is 3. The Hall–Kier alpha value is -4.03. The van der Waals surface area contributed by atoms with Gasteiger partial charge in [-0.3, -0.25) is 4.72 Å². The quantitative estimate of drug-likeness (QED) is 0.402. The molecule has 0 saturated carbocycles. The Bertz CT molecular complexity index is 1530. The van der Waals surface area contributed by atoms with Crippen LogP contribution in [0.5, 0.6) is 0 Å². The Kier molecular flexibility index (Phi) is 6.91. The number of nitrogens with one attached hydrogen (secondary N) is 3. The van der Waals surface area contributed by atoms with E-state index in [1.165, 1.54) is 37.8 Å². The number of benzene rings is 1. The standard InChI is InChI=1S/C23H20ClF2N7O2S/c1-4-33-12-14(5-8-19(33)13(2)18-11-29-32-30-18)21-16(25)6-7-17(22(21)26)31-36(34,35)20-9-15(24)10-28-23(20)27-3/h4-12,31H,1H2,2-3H3,(H,27,28)(H,29,30,32)/b19-13+. The molecule has 3 N–H and O–H groups in total. The van der Waals surface area contributed by atoms with Gasteiger partial charge in [-0.15, -0.1) is 0 Å². The molecular weight excluding hydrogens is 512 g/mol. The highest BCUT2D eigenvalue weighted by Gasteiger charge is 2.25. The lowest BCUT2D eigenvalue weighted by molar-refractivity contribution is 0.575. The average Bonchev–Trinajstić information content (AvgIpc) is 3.40. The summed E-state index contributed by atoms with van der Waals surface area (Å²) >= 11 is 5.91. The number of sulfonamides is 1. The van der Waals surface area contributed by atoms with E-state index in [9.17, 15) is 12.8 Å². The van der Waals surface area contributed by atoms with E-state index in [1.54, 1.807) is 17.2 Å². The molecule has 2 aromatic heterocycles. The first-order chi connectivity index (χ1) is 17.2. The lowest BCUT2D eigenvalue weighted by Crippen LogP contribution is -2.17. The van der Waals surface area contributed by atoms with Gasteiger partial charge in [0.2, 0.25) is 0 Å². The van der Waals surface area contributed by atoms with Crippen LogP contribution in [-0.2, 0) is 10.0 Å². The Labute approximate surface area is 210 Å². The van der Waals surface area contributed by atoms with Crippen LogP contribution < -0.4 is 10.0 Å². The number of nitrogens with zero attached hydrogens (tertiary/aromatic N) is 4. The van der Waals surface area contributed by atoms with Gasteiger partial charge in [0.25, 0.3) is 10.0 Å². The maximum atomic E-state index is 15.6. The largest absolute Gasteiger partial charge is 0.372 e. The number of halogens is 3. The van der Waals surface area contributed by atoms with Gasteiger partial charge in [0, 0.05) is 36.8 Å². The second-order valence-corrected chi connectivity index (χ2v) is 9.60. The van der Waals surface area contributed by atoms with Crippen LogP contribution in [0.4, 0.5) is 20.3 Å². The third-order valence-electron chi connectivity index (χ3n) is 5.33. The van der Waals surface area contributed by atoms with Crippen molar-refractivity contribution < 1.29 is 17.2 Å². The molecule has 0 aliphatic carbocycles. The van der Waals surface area contributed by atoms with Crippen LogP contribution in [-0.4, -0.2) is 40.8 Å². The highest BCUT2D eigenvalue weighted by molar-refractivity contribution is 7.92. The van der Waals surface area contributed by atoms with Gasteiger partial charge >= 0.3 is 0 Å². The minimum atomic E-state index is -4.33. The Morgan fingerprint density at radius 1 is 1.25 bits per heavy atom. The van der Waals surface area contributed by atoms with Crippen molar-refractivity contribution in [1.29, 1.82) is 0 Å². The highest BCUT2D eigenvalue weighted by atomic mass is 35.5. The van der Waals surface area contributed by atoms with E-state index in [2.05, 4.69) is 37.0 Å². The Morgan fingerprint density at radius 2 is 2.03 bits per heavy atom. The fourth-order valence-electron chi connectivity index (χ4n) is 3.56. The first kappa shape index (κ1) is 25.1. The minimum absolute atomic E-state index is 0.0102. The van der Waals surface area contributed by atoms with Crippen molar-refractivity contribution in [2.24, 2.45) is 0 Å². The summed E-state index contributed by atoms with van der Waals surface area (Å²) in [5, 5.41) is 13.1. The van der Waals surface area contributed by atoms with Crippen molar-refractivity contribution >= 4 is 44.3 Å². The molecule has 186 valence electrons. The monoisotopic (exact) mass is 531 g/mol. The molecular formula is C23H20ClF2N7O2S. The first-order valence-electron chi connectivity index (χ1n) is 10.4. The zero-order valence-corrected chi connectivity index (χ0v) is 20.6. The summed E-state index contributed by atoms with van der Waals surface area (Å²) in [4.78, 5) is 5.21. The summed E-state index contributed by atoms with van der Waals surface area (Å²) < 4.78 is 58.6. The molecule has 4 rings (SSSR count). The summed E-state index contributed by atoms with van der Waals surface area (Å²) in [5.74, 6) is -1.97. The fourth-order valence-corrected chi connectivity index (χ4v) is 5.03. The van der Waals surface area contributed by atoms with Crippen molar-refractivity contribution in [2.75, 3.05) is 17.1 Å². The van der Waals surface area contributed by atoms with E-state index < -0.39 is 32.9 Å². The molecule has 0 saturated heterocycles. The fraction of sp³-hybridized carbons (Fsp3) is 0.0870. The summed E-state index contributed by atoms with van der Waals surface area (Å²) in [5.41, 5.74) is 1.27. The maximum Gasteiger partial charge on any atom is 0.265 e. The van der Waals surface area contributed by atoms with Crippen molar-refractivity contribution in [3.63, 3.8) is 0 Å². The molecule has 0 radical (unpaired) electrons. The predicted molar refractivity (Wildman–Crippen MR) is 134 cm³/mol. The van der Waals surface area contributed by atoms with Crippen molar-refractivity contribution in [3.8, 4) is 0 Å². The van der Waals surface area contributed by atoms with Crippen LogP contribution in [0.2, 0.25) is 5.02 Å². The summed E-state index contributed by atoms with van der Waals surface area (Å²) in [6, 6.07) is 3.15. The number of allylic oxidation sites excluding steroid dienone is 4. The van der Waals surface area contributed by atoms with Gasteiger partial charge in [-0.1, -0.05) is 24.3 Å². The van der Waals surface area contributed by atoms with Crippen LogP contribution >= 0.6 is 11.6 Å². The number of hydrogen-bond acceptors (Lipinski definition) is 7. The lowest BCUT2D eigenvalue weighted by Gasteiger charge is -2.24. The Morgan fingerprint density at radius 3 is 2.69 bits per heavy atom. The number of pyridine rings is 1. The van der Waals surface area contributed by atoms with E-state index in [0.717, 1.165) is 17.7 Å². The molecule has 1 aliphatic rings. The number of anilines is 2. The van der Waals surface area contributed by atoms with Crippen molar-refractivity contribution in [1.82, 2.24) is 25.3 Å². The molecule has 0 atom stereocenters. The molecule has 1 aromatic carbocycles. The molecule has 0 bridgehead atoms. The third kappa shape index (κ3) is 4.72. The molecule has 0 amide bonds. The number of rotatable bonds is 7. The zero-order chi connectivity index (χ0) is 26.0. The van der Waals surface area contributed by atoms with Gasteiger partial charge in [-0.05, 0) is 31.2 Å². The SMILES string of the molecule is C=CN1C=C(c2c(F)ccc(NS(=O)(=O)c3cc(Cl)cnc3NC)c2F)C=C/C1=C(/C)c1cn[nH]n1. The molecule has 1 aliphatic heterocycles. The van der Waals surface area contributed by atoms with Gasteiger partial charge in [0.15, 0.2) is 5.82 Å². The van der Waals surface area contributed by atoms with E-state index in [4.69, 9.17) is 11.6 Å². The predicted octanol–water partition coefficient (Wildman–Crippen LogP) is 4.76. The molecule has 13 heteroatoms. The van der Waals surface area contributed by atoms with Crippen LogP contribution in [0.3, 0.4) is 0 Å². The second kappa shape index (κ2) is 9.91. The Balaban J connectivity index is 1.74. The molecule has 0 unspecified atom stereocenters. The third-order valence-corrected chi connectivity index (χ3v) is 6.91. The smallest absolute Gasteiger partial charge is 0.265 e.